The number of nitrogens with two attached hydrogens (primary N) is 1. The molecule has 0 aliphatic carbocycles. The summed E-state index contributed by atoms with van der Waals surface area (Å²) in [6, 6.07) is 14.5. The minimum atomic E-state index is 0.479. The van der Waals surface area contributed by atoms with E-state index in [-0.39, 0.29) is 0 Å². The van der Waals surface area contributed by atoms with E-state index >= 15 is 0 Å². The summed E-state index contributed by atoms with van der Waals surface area (Å²) in [5, 5.41) is 9.84. The van der Waals surface area contributed by atoms with Gasteiger partial charge in [-0.15, -0.1) is 5.10 Å². The number of rotatable bonds is 3. The Morgan fingerprint density at radius 1 is 0.960 bits per heavy atom. The summed E-state index contributed by atoms with van der Waals surface area (Å²) in [7, 11) is 1.70. The van der Waals surface area contributed by atoms with Gasteiger partial charge in [0.25, 0.3) is 0 Å². The number of piperazine rings is 1. The molecule has 6 nitrogen and oxygen atoms in total. The molecule has 1 aliphatic rings. The fourth-order valence-electron chi connectivity index (χ4n) is 3.32. The average Bonchev–Trinajstić information content (AvgIpc) is 2.68. The van der Waals surface area contributed by atoms with E-state index in [1.807, 2.05) is 18.2 Å². The van der Waals surface area contributed by atoms with E-state index in [0.29, 0.717) is 5.82 Å². The molecule has 2 heterocycles. The first-order valence-electron chi connectivity index (χ1n) is 8.39. The van der Waals surface area contributed by atoms with Gasteiger partial charge in [-0.1, -0.05) is 6.07 Å². The van der Waals surface area contributed by atoms with Crippen molar-refractivity contribution in [1.82, 2.24) is 10.2 Å². The summed E-state index contributed by atoms with van der Waals surface area (Å²) in [5.74, 6) is 1.38. The lowest BCUT2D eigenvalue weighted by Gasteiger charge is -2.37. The average molecular weight is 335 g/mol. The zero-order valence-corrected chi connectivity index (χ0v) is 14.2. The van der Waals surface area contributed by atoms with Gasteiger partial charge in [0.15, 0.2) is 5.82 Å². The molecule has 25 heavy (non-hydrogen) atoms. The molecule has 6 heteroatoms. The Bertz CT molecular complexity index is 890. The first-order chi connectivity index (χ1) is 12.2. The molecule has 0 radical (unpaired) electrons. The summed E-state index contributed by atoms with van der Waals surface area (Å²) < 4.78 is 5.33. The zero-order chi connectivity index (χ0) is 17.2. The normalized spacial score (nSPS) is 14.8. The van der Waals surface area contributed by atoms with Gasteiger partial charge in [-0.05, 0) is 30.3 Å². The molecule has 128 valence electrons. The van der Waals surface area contributed by atoms with Crippen LogP contribution in [0.4, 0.5) is 17.2 Å². The summed E-state index contributed by atoms with van der Waals surface area (Å²) in [6.45, 7) is 3.89. The lowest BCUT2D eigenvalue weighted by molar-refractivity contribution is 0.414. The number of hydrogen-bond donors (Lipinski definition) is 1. The number of benzene rings is 2. The van der Waals surface area contributed by atoms with Crippen molar-refractivity contribution in [2.24, 2.45) is 0 Å². The van der Waals surface area contributed by atoms with E-state index in [9.17, 15) is 0 Å². The number of fused-ring (bicyclic) bond motifs is 1. The highest BCUT2D eigenvalue weighted by Gasteiger charge is 2.18. The molecule has 0 bridgehead atoms. The highest BCUT2D eigenvalue weighted by Crippen LogP contribution is 2.27. The first kappa shape index (κ1) is 15.5. The summed E-state index contributed by atoms with van der Waals surface area (Å²) in [6.07, 6.45) is 1.77. The first-order valence-corrected chi connectivity index (χ1v) is 8.39. The van der Waals surface area contributed by atoms with E-state index in [1.165, 1.54) is 11.4 Å². The van der Waals surface area contributed by atoms with Crippen molar-refractivity contribution in [2.45, 2.75) is 0 Å². The number of methoxy groups -OCH3 is 1. The van der Waals surface area contributed by atoms with Gasteiger partial charge < -0.3 is 20.3 Å². The maximum Gasteiger partial charge on any atom is 0.153 e. The topological polar surface area (TPSA) is 67.5 Å². The highest BCUT2D eigenvalue weighted by molar-refractivity contribution is 5.92. The fraction of sp³-hybridized carbons (Fsp3) is 0.263. The quantitative estimate of drug-likeness (QED) is 0.793. The molecule has 2 N–H and O–H groups in total. The van der Waals surface area contributed by atoms with Crippen molar-refractivity contribution in [2.75, 3.05) is 48.8 Å². The monoisotopic (exact) mass is 335 g/mol. The van der Waals surface area contributed by atoms with E-state index < -0.39 is 0 Å². The predicted octanol–water partition coefficient (Wildman–Crippen LogP) is 2.55. The Hall–Kier alpha value is -3.02. The molecule has 1 aromatic heterocycles. The minimum Gasteiger partial charge on any atom is -0.497 e. The SMILES string of the molecule is COc1cccc(N2CCN(c3ccc4c(N)nncc4c3)CC2)c1. The van der Waals surface area contributed by atoms with Crippen LogP contribution in [0.3, 0.4) is 0 Å². The van der Waals surface area contributed by atoms with Crippen molar-refractivity contribution < 1.29 is 4.74 Å². The van der Waals surface area contributed by atoms with Crippen molar-refractivity contribution in [3.05, 3.63) is 48.7 Å². The van der Waals surface area contributed by atoms with Crippen molar-refractivity contribution in [3.63, 3.8) is 0 Å². The summed E-state index contributed by atoms with van der Waals surface area (Å²) in [4.78, 5) is 4.79. The van der Waals surface area contributed by atoms with Gasteiger partial charge in [-0.25, -0.2) is 0 Å². The second-order valence-corrected chi connectivity index (χ2v) is 6.18. The van der Waals surface area contributed by atoms with Crippen molar-refractivity contribution >= 4 is 28.0 Å². The van der Waals surface area contributed by atoms with Gasteiger partial charge in [0.2, 0.25) is 0 Å². The Balaban J connectivity index is 1.50. The van der Waals surface area contributed by atoms with Crippen LogP contribution < -0.4 is 20.3 Å². The van der Waals surface area contributed by atoms with Crippen LogP contribution in [0.2, 0.25) is 0 Å². The maximum absolute atomic E-state index is 5.89. The van der Waals surface area contributed by atoms with Gasteiger partial charge in [-0.3, -0.25) is 0 Å². The third kappa shape index (κ3) is 3.03. The van der Waals surface area contributed by atoms with Gasteiger partial charge in [0.05, 0.1) is 13.3 Å². The van der Waals surface area contributed by atoms with Crippen LogP contribution in [0, 0.1) is 0 Å². The summed E-state index contributed by atoms with van der Waals surface area (Å²) >= 11 is 0. The molecular weight excluding hydrogens is 314 g/mol. The number of hydrogen-bond acceptors (Lipinski definition) is 6. The van der Waals surface area contributed by atoms with Gasteiger partial charge >= 0.3 is 0 Å². The van der Waals surface area contributed by atoms with Crippen LogP contribution in [0.1, 0.15) is 0 Å². The van der Waals surface area contributed by atoms with E-state index in [4.69, 9.17) is 10.5 Å². The smallest absolute Gasteiger partial charge is 0.153 e. The molecule has 1 fully saturated rings. The van der Waals surface area contributed by atoms with Crippen LogP contribution >= 0.6 is 0 Å². The number of anilines is 3. The van der Waals surface area contributed by atoms with Gasteiger partial charge in [-0.2, -0.15) is 5.10 Å². The minimum absolute atomic E-state index is 0.479. The molecule has 0 unspecified atom stereocenters. The van der Waals surface area contributed by atoms with Crippen LogP contribution in [0.25, 0.3) is 10.8 Å². The molecule has 4 rings (SSSR count). The molecule has 3 aromatic rings. The Morgan fingerprint density at radius 2 is 1.68 bits per heavy atom. The lowest BCUT2D eigenvalue weighted by Crippen LogP contribution is -2.46. The zero-order valence-electron chi connectivity index (χ0n) is 14.2. The molecule has 1 saturated heterocycles. The molecule has 2 aromatic carbocycles. The second-order valence-electron chi connectivity index (χ2n) is 6.18. The molecule has 1 aliphatic heterocycles. The predicted molar refractivity (Wildman–Crippen MR) is 101 cm³/mol. The Morgan fingerprint density at radius 3 is 2.40 bits per heavy atom. The van der Waals surface area contributed by atoms with E-state index in [2.05, 4.69) is 44.3 Å². The largest absolute Gasteiger partial charge is 0.497 e. The van der Waals surface area contributed by atoms with Crippen molar-refractivity contribution in [1.29, 1.82) is 0 Å². The molecule has 0 amide bonds. The number of nitrogen functional groups attached to an aromatic ring is 1. The Labute approximate surface area is 146 Å². The standard InChI is InChI=1S/C19H21N5O/c1-25-17-4-2-3-15(12-17)23-7-9-24(10-8-23)16-5-6-18-14(11-16)13-21-22-19(18)20/h2-6,11-13H,7-10H2,1H3,(H2,20,22). The molecule has 0 atom stereocenters. The van der Waals surface area contributed by atoms with Crippen LogP contribution in [0.15, 0.2) is 48.7 Å². The van der Waals surface area contributed by atoms with Gasteiger partial charge in [0, 0.05) is 54.4 Å². The highest BCUT2D eigenvalue weighted by atomic mass is 16.5. The third-order valence-corrected chi connectivity index (χ3v) is 4.74. The fourth-order valence-corrected chi connectivity index (χ4v) is 3.32. The van der Waals surface area contributed by atoms with Crippen LogP contribution in [-0.4, -0.2) is 43.5 Å². The number of aromatic nitrogens is 2. The summed E-state index contributed by atoms with van der Waals surface area (Å²) in [5.41, 5.74) is 8.29. The Kier molecular flexibility index (Phi) is 4.01. The van der Waals surface area contributed by atoms with E-state index in [1.54, 1.807) is 13.3 Å². The lowest BCUT2D eigenvalue weighted by atomic mass is 10.1. The molecule has 0 spiro atoms. The van der Waals surface area contributed by atoms with Crippen LogP contribution in [-0.2, 0) is 0 Å². The number of ether oxygens (including phenoxy) is 1. The van der Waals surface area contributed by atoms with Crippen molar-refractivity contribution in [3.8, 4) is 5.75 Å². The molecule has 0 saturated carbocycles. The molecular formula is C19H21N5O. The second kappa shape index (κ2) is 6.47. The van der Waals surface area contributed by atoms with Crippen LogP contribution in [0.5, 0.6) is 5.75 Å². The van der Waals surface area contributed by atoms with E-state index in [0.717, 1.165) is 42.7 Å². The van der Waals surface area contributed by atoms with Gasteiger partial charge in [0.1, 0.15) is 5.75 Å². The maximum atomic E-state index is 5.89. The number of nitrogens with zero attached hydrogens (tertiary/aromatic N) is 4. The third-order valence-electron chi connectivity index (χ3n) is 4.74.